The Morgan fingerprint density at radius 3 is 2.54 bits per heavy atom. The van der Waals surface area contributed by atoms with E-state index in [9.17, 15) is 9.59 Å². The lowest BCUT2D eigenvalue weighted by molar-refractivity contribution is 0.100. The van der Waals surface area contributed by atoms with Crippen molar-refractivity contribution in [2.45, 2.75) is 17.0 Å². The summed E-state index contributed by atoms with van der Waals surface area (Å²) in [6.07, 6.45) is 0. The summed E-state index contributed by atoms with van der Waals surface area (Å²) >= 11 is 3.30. The zero-order valence-corrected chi connectivity index (χ0v) is 15.7. The van der Waals surface area contributed by atoms with E-state index in [2.05, 4.69) is 10.3 Å². The number of anilines is 1. The molecule has 26 heavy (non-hydrogen) atoms. The van der Waals surface area contributed by atoms with Crippen molar-refractivity contribution >= 4 is 40.6 Å². The Morgan fingerprint density at radius 2 is 1.88 bits per heavy atom. The number of para-hydroxylation sites is 1. The number of thiazole rings is 1. The first kappa shape index (κ1) is 18.2. The molecule has 0 bridgehead atoms. The van der Waals surface area contributed by atoms with Crippen molar-refractivity contribution in [2.24, 2.45) is 5.73 Å². The molecule has 0 unspecified atom stereocenters. The summed E-state index contributed by atoms with van der Waals surface area (Å²) in [4.78, 5) is 28.3. The molecular weight excluding hydrogens is 366 g/mol. The number of hydrogen-bond acceptors (Lipinski definition) is 5. The molecule has 0 aliphatic rings. The quantitative estimate of drug-likeness (QED) is 0.628. The van der Waals surface area contributed by atoms with Crippen LogP contribution in [0.4, 0.5) is 5.69 Å². The molecule has 2 amide bonds. The first-order chi connectivity index (χ1) is 12.5. The average Bonchev–Trinajstić information content (AvgIpc) is 3.06. The van der Waals surface area contributed by atoms with E-state index in [4.69, 9.17) is 5.73 Å². The Bertz CT molecular complexity index is 936. The molecule has 3 N–H and O–H groups in total. The normalized spacial score (nSPS) is 10.5. The highest BCUT2D eigenvalue weighted by atomic mass is 32.2. The standard InChI is InChI=1S/C19H17N3O2S2/c1-12-10-25-19(21-12)26-11-13-6-8-14(9-7-13)18(24)22-16-5-3-2-4-15(16)17(20)23/h2-10H,11H2,1H3,(H2,20,23)(H,22,24). The lowest BCUT2D eigenvalue weighted by Gasteiger charge is -2.09. The fraction of sp³-hybridized carbons (Fsp3) is 0.105. The third-order valence-electron chi connectivity index (χ3n) is 3.62. The molecule has 0 spiro atoms. The van der Waals surface area contributed by atoms with Crippen molar-refractivity contribution in [3.8, 4) is 0 Å². The topological polar surface area (TPSA) is 85.1 Å². The van der Waals surface area contributed by atoms with Gasteiger partial charge in [0.15, 0.2) is 0 Å². The second kappa shape index (κ2) is 8.16. The number of hydrogen-bond donors (Lipinski definition) is 2. The summed E-state index contributed by atoms with van der Waals surface area (Å²) in [5, 5.41) is 4.76. The van der Waals surface area contributed by atoms with E-state index in [1.807, 2.05) is 24.4 Å². The molecule has 1 aromatic heterocycles. The van der Waals surface area contributed by atoms with E-state index in [0.717, 1.165) is 21.3 Å². The average molecular weight is 383 g/mol. The Morgan fingerprint density at radius 1 is 1.15 bits per heavy atom. The van der Waals surface area contributed by atoms with Gasteiger partial charge in [-0.25, -0.2) is 4.98 Å². The molecule has 0 saturated heterocycles. The van der Waals surface area contributed by atoms with Gasteiger partial charge in [-0.1, -0.05) is 36.0 Å². The lowest BCUT2D eigenvalue weighted by Crippen LogP contribution is -2.18. The van der Waals surface area contributed by atoms with Crippen LogP contribution in [0.2, 0.25) is 0 Å². The predicted molar refractivity (Wildman–Crippen MR) is 106 cm³/mol. The van der Waals surface area contributed by atoms with Gasteiger partial charge in [0.1, 0.15) is 4.34 Å². The molecule has 0 fully saturated rings. The van der Waals surface area contributed by atoms with E-state index >= 15 is 0 Å². The first-order valence-electron chi connectivity index (χ1n) is 7.87. The summed E-state index contributed by atoms with van der Waals surface area (Å²) in [5.41, 5.74) is 8.68. The second-order valence-electron chi connectivity index (χ2n) is 5.60. The number of carbonyl (C=O) groups is 2. The Kier molecular flexibility index (Phi) is 5.70. The molecule has 0 aliphatic carbocycles. The molecule has 132 valence electrons. The maximum absolute atomic E-state index is 12.4. The molecule has 2 aromatic carbocycles. The molecule has 0 radical (unpaired) electrons. The van der Waals surface area contributed by atoms with Crippen molar-refractivity contribution < 1.29 is 9.59 Å². The van der Waals surface area contributed by atoms with Gasteiger partial charge >= 0.3 is 0 Å². The minimum atomic E-state index is -0.578. The number of carbonyl (C=O) groups excluding carboxylic acids is 2. The number of aromatic nitrogens is 1. The van der Waals surface area contributed by atoms with Crippen molar-refractivity contribution in [3.05, 3.63) is 76.3 Å². The zero-order chi connectivity index (χ0) is 18.5. The van der Waals surface area contributed by atoms with Gasteiger partial charge in [0, 0.05) is 22.4 Å². The van der Waals surface area contributed by atoms with Crippen LogP contribution in [0, 0.1) is 6.92 Å². The molecule has 3 aromatic rings. The van der Waals surface area contributed by atoms with Crippen LogP contribution in [-0.4, -0.2) is 16.8 Å². The monoisotopic (exact) mass is 383 g/mol. The zero-order valence-electron chi connectivity index (χ0n) is 14.1. The third-order valence-corrected chi connectivity index (χ3v) is 5.83. The highest BCUT2D eigenvalue weighted by Crippen LogP contribution is 2.26. The Hall–Kier alpha value is -2.64. The fourth-order valence-electron chi connectivity index (χ4n) is 2.30. The molecule has 0 saturated carbocycles. The molecular formula is C19H17N3O2S2. The van der Waals surface area contributed by atoms with E-state index in [1.165, 1.54) is 0 Å². The van der Waals surface area contributed by atoms with Gasteiger partial charge in [-0.15, -0.1) is 11.3 Å². The number of nitrogens with zero attached hydrogens (tertiary/aromatic N) is 1. The van der Waals surface area contributed by atoms with Crippen LogP contribution in [0.1, 0.15) is 32.0 Å². The van der Waals surface area contributed by atoms with Gasteiger partial charge in [0.2, 0.25) is 0 Å². The van der Waals surface area contributed by atoms with Crippen LogP contribution >= 0.6 is 23.1 Å². The van der Waals surface area contributed by atoms with Crippen molar-refractivity contribution in [2.75, 3.05) is 5.32 Å². The van der Waals surface area contributed by atoms with Crippen molar-refractivity contribution in [1.29, 1.82) is 0 Å². The smallest absolute Gasteiger partial charge is 0.255 e. The number of rotatable bonds is 6. The van der Waals surface area contributed by atoms with Gasteiger partial charge in [-0.2, -0.15) is 0 Å². The minimum absolute atomic E-state index is 0.284. The van der Waals surface area contributed by atoms with E-state index < -0.39 is 5.91 Å². The summed E-state index contributed by atoms with van der Waals surface area (Å²) in [5.74, 6) is -0.0709. The molecule has 3 rings (SSSR count). The second-order valence-corrected chi connectivity index (χ2v) is 7.68. The first-order valence-corrected chi connectivity index (χ1v) is 9.73. The molecule has 5 nitrogen and oxygen atoms in total. The fourth-order valence-corrected chi connectivity index (χ4v) is 4.10. The molecule has 1 heterocycles. The van der Waals surface area contributed by atoms with Crippen molar-refractivity contribution in [3.63, 3.8) is 0 Å². The van der Waals surface area contributed by atoms with Crippen LogP contribution in [0.25, 0.3) is 0 Å². The van der Waals surface area contributed by atoms with Crippen molar-refractivity contribution in [1.82, 2.24) is 4.98 Å². The molecule has 7 heteroatoms. The number of benzene rings is 2. The predicted octanol–water partition coefficient (Wildman–Crippen LogP) is 4.10. The van der Waals surface area contributed by atoms with E-state index in [0.29, 0.717) is 11.3 Å². The number of nitrogens with two attached hydrogens (primary N) is 1. The largest absolute Gasteiger partial charge is 0.366 e. The third kappa shape index (κ3) is 4.50. The number of aryl methyl sites for hydroxylation is 1. The summed E-state index contributed by atoms with van der Waals surface area (Å²) in [6, 6.07) is 14.0. The van der Waals surface area contributed by atoms with Crippen LogP contribution < -0.4 is 11.1 Å². The maximum Gasteiger partial charge on any atom is 0.255 e. The van der Waals surface area contributed by atoms with Gasteiger partial charge in [-0.3, -0.25) is 9.59 Å². The van der Waals surface area contributed by atoms with Crippen LogP contribution in [0.3, 0.4) is 0 Å². The maximum atomic E-state index is 12.4. The Labute approximate surface area is 159 Å². The number of primary amides is 1. The SMILES string of the molecule is Cc1csc(SCc2ccc(C(=O)Nc3ccccc3C(N)=O)cc2)n1. The van der Waals surface area contributed by atoms with E-state index in [1.54, 1.807) is 59.5 Å². The van der Waals surface area contributed by atoms with Gasteiger partial charge in [0.05, 0.1) is 11.3 Å². The van der Waals surface area contributed by atoms with Gasteiger partial charge < -0.3 is 11.1 Å². The van der Waals surface area contributed by atoms with Gasteiger partial charge in [0.25, 0.3) is 11.8 Å². The van der Waals surface area contributed by atoms with Crippen LogP contribution in [-0.2, 0) is 5.75 Å². The minimum Gasteiger partial charge on any atom is -0.366 e. The summed E-state index contributed by atoms with van der Waals surface area (Å²) < 4.78 is 1.03. The highest BCUT2D eigenvalue weighted by molar-refractivity contribution is 8.00. The highest BCUT2D eigenvalue weighted by Gasteiger charge is 2.12. The molecule has 0 atom stereocenters. The number of amides is 2. The number of thioether (sulfide) groups is 1. The summed E-state index contributed by atoms with van der Waals surface area (Å²) in [7, 11) is 0. The molecule has 0 aliphatic heterocycles. The Balaban J connectivity index is 1.64. The van der Waals surface area contributed by atoms with Crippen LogP contribution in [0.15, 0.2) is 58.3 Å². The van der Waals surface area contributed by atoms with Crippen LogP contribution in [0.5, 0.6) is 0 Å². The number of nitrogens with one attached hydrogen (secondary N) is 1. The van der Waals surface area contributed by atoms with Gasteiger partial charge in [-0.05, 0) is 36.8 Å². The summed E-state index contributed by atoms with van der Waals surface area (Å²) in [6.45, 7) is 1.98. The lowest BCUT2D eigenvalue weighted by atomic mass is 10.1. The van der Waals surface area contributed by atoms with E-state index in [-0.39, 0.29) is 11.5 Å².